The zero-order valence-corrected chi connectivity index (χ0v) is 13.4. The summed E-state index contributed by atoms with van der Waals surface area (Å²) in [6.07, 6.45) is 4.39. The summed E-state index contributed by atoms with van der Waals surface area (Å²) < 4.78 is 0. The number of nitrogens with one attached hydrogen (secondary N) is 1. The van der Waals surface area contributed by atoms with Crippen LogP contribution in [0.25, 0.3) is 0 Å². The van der Waals surface area contributed by atoms with E-state index < -0.39 is 17.3 Å². The van der Waals surface area contributed by atoms with Crippen LogP contribution in [0.1, 0.15) is 46.5 Å². The quantitative estimate of drug-likeness (QED) is 0.783. The summed E-state index contributed by atoms with van der Waals surface area (Å²) in [7, 11) is 0. The Kier molecular flexibility index (Phi) is 4.91. The van der Waals surface area contributed by atoms with E-state index in [9.17, 15) is 9.59 Å². The minimum absolute atomic E-state index is 0.0700. The Morgan fingerprint density at radius 2 is 1.86 bits per heavy atom. The number of aliphatic carboxylic acids is 1. The number of hydrogen-bond acceptors (Lipinski definition) is 3. The average Bonchev–Trinajstić information content (AvgIpc) is 3.01. The fourth-order valence-electron chi connectivity index (χ4n) is 3.56. The Labute approximate surface area is 127 Å². The molecule has 2 unspecified atom stereocenters. The van der Waals surface area contributed by atoms with E-state index in [0.29, 0.717) is 0 Å². The van der Waals surface area contributed by atoms with Crippen molar-refractivity contribution in [3.63, 3.8) is 0 Å². The Hall–Kier alpha value is -1.10. The predicted octanol–water partition coefficient (Wildman–Crippen LogP) is 1.72. The van der Waals surface area contributed by atoms with Crippen LogP contribution >= 0.6 is 0 Å². The van der Waals surface area contributed by atoms with Crippen LogP contribution in [0.5, 0.6) is 0 Å². The molecule has 5 nitrogen and oxygen atoms in total. The Morgan fingerprint density at radius 3 is 2.33 bits per heavy atom. The van der Waals surface area contributed by atoms with Crippen LogP contribution in [0.2, 0.25) is 0 Å². The number of piperidine rings is 1. The third-order valence-corrected chi connectivity index (χ3v) is 5.14. The van der Waals surface area contributed by atoms with Gasteiger partial charge in [-0.1, -0.05) is 27.2 Å². The number of carboxylic acid groups (broad SMARTS) is 1. The fraction of sp³-hybridized carbons (Fsp3) is 0.875. The lowest BCUT2D eigenvalue weighted by Crippen LogP contribution is -2.45. The van der Waals surface area contributed by atoms with Crippen molar-refractivity contribution in [1.29, 1.82) is 0 Å². The fourth-order valence-corrected chi connectivity index (χ4v) is 3.56. The summed E-state index contributed by atoms with van der Waals surface area (Å²) in [5.41, 5.74) is -0.405. The van der Waals surface area contributed by atoms with E-state index in [0.717, 1.165) is 32.5 Å². The van der Waals surface area contributed by atoms with Crippen molar-refractivity contribution in [1.82, 2.24) is 10.2 Å². The van der Waals surface area contributed by atoms with Crippen molar-refractivity contribution >= 4 is 11.9 Å². The van der Waals surface area contributed by atoms with Crippen molar-refractivity contribution in [2.45, 2.75) is 52.5 Å². The highest BCUT2D eigenvalue weighted by atomic mass is 16.4. The van der Waals surface area contributed by atoms with E-state index in [1.807, 2.05) is 13.8 Å². The van der Waals surface area contributed by atoms with Gasteiger partial charge < -0.3 is 15.3 Å². The molecule has 0 bridgehead atoms. The van der Waals surface area contributed by atoms with Crippen LogP contribution in [-0.4, -0.2) is 47.6 Å². The molecule has 0 radical (unpaired) electrons. The number of unbranched alkanes of at least 4 members (excludes halogenated alkanes) is 1. The molecular weight excluding hydrogens is 268 g/mol. The minimum Gasteiger partial charge on any atom is -0.481 e. The summed E-state index contributed by atoms with van der Waals surface area (Å²) in [4.78, 5) is 25.9. The molecule has 1 aliphatic heterocycles. The lowest BCUT2D eigenvalue weighted by Gasteiger charge is -2.32. The first-order valence-corrected chi connectivity index (χ1v) is 8.13. The first-order valence-electron chi connectivity index (χ1n) is 8.13. The van der Waals surface area contributed by atoms with Crippen LogP contribution in [0.3, 0.4) is 0 Å². The largest absolute Gasteiger partial charge is 0.481 e. The maximum absolute atomic E-state index is 12.3. The molecule has 0 spiro atoms. The van der Waals surface area contributed by atoms with Gasteiger partial charge in [-0.15, -0.1) is 0 Å². The van der Waals surface area contributed by atoms with Gasteiger partial charge in [0.25, 0.3) is 0 Å². The average molecular weight is 296 g/mol. The Morgan fingerprint density at radius 1 is 1.24 bits per heavy atom. The molecule has 1 aliphatic carbocycles. The molecule has 2 rings (SSSR count). The monoisotopic (exact) mass is 296 g/mol. The zero-order chi connectivity index (χ0) is 15.6. The highest BCUT2D eigenvalue weighted by molar-refractivity contribution is 5.91. The number of likely N-dealkylation sites (tertiary alicyclic amines) is 1. The third-order valence-electron chi connectivity index (χ3n) is 5.14. The molecule has 0 aromatic carbocycles. The molecule has 2 atom stereocenters. The van der Waals surface area contributed by atoms with Gasteiger partial charge in [0, 0.05) is 19.1 Å². The van der Waals surface area contributed by atoms with Gasteiger partial charge in [-0.25, -0.2) is 0 Å². The van der Waals surface area contributed by atoms with E-state index in [1.54, 1.807) is 0 Å². The molecular formula is C16H28N2O3. The second-order valence-electron chi connectivity index (χ2n) is 7.09. The molecule has 2 aliphatic rings. The molecule has 1 saturated heterocycles. The third kappa shape index (κ3) is 3.57. The topological polar surface area (TPSA) is 69.6 Å². The highest BCUT2D eigenvalue weighted by Crippen LogP contribution is 2.58. The van der Waals surface area contributed by atoms with Gasteiger partial charge in [-0.05, 0) is 31.2 Å². The second kappa shape index (κ2) is 6.34. The number of nitrogens with zero attached hydrogens (tertiary/aromatic N) is 1. The Bertz CT molecular complexity index is 400. The highest BCUT2D eigenvalue weighted by Gasteiger charge is 2.65. The summed E-state index contributed by atoms with van der Waals surface area (Å²) in [6.45, 7) is 9.13. The van der Waals surface area contributed by atoms with E-state index in [1.165, 1.54) is 12.8 Å². The normalized spacial score (nSPS) is 29.1. The second-order valence-corrected chi connectivity index (χ2v) is 7.09. The van der Waals surface area contributed by atoms with Gasteiger partial charge in [-0.2, -0.15) is 0 Å². The van der Waals surface area contributed by atoms with E-state index in [-0.39, 0.29) is 17.9 Å². The summed E-state index contributed by atoms with van der Waals surface area (Å²) >= 11 is 0. The number of rotatable bonds is 6. The van der Waals surface area contributed by atoms with Crippen LogP contribution < -0.4 is 5.32 Å². The predicted molar refractivity (Wildman–Crippen MR) is 80.9 cm³/mol. The van der Waals surface area contributed by atoms with Gasteiger partial charge >= 0.3 is 5.97 Å². The number of carboxylic acids is 1. The maximum Gasteiger partial charge on any atom is 0.307 e. The maximum atomic E-state index is 12.3. The van der Waals surface area contributed by atoms with Crippen molar-refractivity contribution in [2.75, 3.05) is 19.6 Å². The standard InChI is InChI=1S/C16H28N2O3/c1-4-5-8-18-9-6-11(7-10-18)17-14(19)12-13(15(20)21)16(12,2)3/h11-13H,4-10H2,1-3H3,(H,17,19)(H,20,21). The van der Waals surface area contributed by atoms with Gasteiger partial charge in [0.15, 0.2) is 0 Å². The molecule has 1 amide bonds. The minimum atomic E-state index is -0.852. The number of carbonyl (C=O) groups excluding carboxylic acids is 1. The van der Waals surface area contributed by atoms with Gasteiger partial charge in [0.05, 0.1) is 11.8 Å². The van der Waals surface area contributed by atoms with Crippen molar-refractivity contribution < 1.29 is 14.7 Å². The zero-order valence-electron chi connectivity index (χ0n) is 13.4. The molecule has 1 saturated carbocycles. The molecule has 5 heteroatoms. The van der Waals surface area contributed by atoms with Crippen LogP contribution in [0.4, 0.5) is 0 Å². The van der Waals surface area contributed by atoms with Crippen molar-refractivity contribution in [3.8, 4) is 0 Å². The van der Waals surface area contributed by atoms with E-state index in [4.69, 9.17) is 5.11 Å². The number of amides is 1. The lowest BCUT2D eigenvalue weighted by atomic mass is 10.0. The summed E-state index contributed by atoms with van der Waals surface area (Å²) in [5.74, 6) is -1.82. The van der Waals surface area contributed by atoms with E-state index in [2.05, 4.69) is 17.1 Å². The molecule has 2 fully saturated rings. The van der Waals surface area contributed by atoms with Gasteiger partial charge in [0.2, 0.25) is 5.91 Å². The van der Waals surface area contributed by atoms with Gasteiger partial charge in [-0.3, -0.25) is 9.59 Å². The van der Waals surface area contributed by atoms with Crippen LogP contribution in [0, 0.1) is 17.3 Å². The molecule has 0 aromatic rings. The Balaban J connectivity index is 1.77. The first-order chi connectivity index (χ1) is 9.87. The summed E-state index contributed by atoms with van der Waals surface area (Å²) in [6, 6.07) is 0.209. The molecule has 21 heavy (non-hydrogen) atoms. The van der Waals surface area contributed by atoms with Crippen LogP contribution in [-0.2, 0) is 9.59 Å². The van der Waals surface area contributed by atoms with Crippen LogP contribution in [0.15, 0.2) is 0 Å². The number of carbonyl (C=O) groups is 2. The van der Waals surface area contributed by atoms with Gasteiger partial charge in [0.1, 0.15) is 0 Å². The molecule has 2 N–H and O–H groups in total. The van der Waals surface area contributed by atoms with Crippen molar-refractivity contribution in [3.05, 3.63) is 0 Å². The molecule has 0 aromatic heterocycles. The smallest absolute Gasteiger partial charge is 0.307 e. The molecule has 1 heterocycles. The SMILES string of the molecule is CCCCN1CCC(NC(=O)C2C(C(=O)O)C2(C)C)CC1. The molecule has 120 valence electrons. The van der Waals surface area contributed by atoms with E-state index >= 15 is 0 Å². The summed E-state index contributed by atoms with van der Waals surface area (Å²) in [5, 5.41) is 12.2. The lowest BCUT2D eigenvalue weighted by molar-refractivity contribution is -0.140. The number of hydrogen-bond donors (Lipinski definition) is 2. The van der Waals surface area contributed by atoms with Crippen molar-refractivity contribution in [2.24, 2.45) is 17.3 Å². The first kappa shape index (κ1) is 16.3.